The van der Waals surface area contributed by atoms with Crippen molar-refractivity contribution in [3.8, 4) is 0 Å². The second-order valence-corrected chi connectivity index (χ2v) is 7.31. The van der Waals surface area contributed by atoms with E-state index in [1.54, 1.807) is 0 Å². The fraction of sp³-hybridized carbons (Fsp3) is 0.611. The zero-order valence-corrected chi connectivity index (χ0v) is 13.2. The first-order chi connectivity index (χ1) is 10.1. The Morgan fingerprint density at radius 2 is 2.10 bits per heavy atom. The van der Waals surface area contributed by atoms with Crippen LogP contribution in [0.1, 0.15) is 36.8 Å². The third-order valence-electron chi connectivity index (χ3n) is 5.62. The molecule has 1 saturated carbocycles. The molecular formula is C18H24N2O. The largest absolute Gasteiger partial charge is 0.308 e. The van der Waals surface area contributed by atoms with Gasteiger partial charge in [0.15, 0.2) is 0 Å². The molecule has 1 amide bonds. The minimum absolute atomic E-state index is 0.276. The van der Waals surface area contributed by atoms with Gasteiger partial charge in [0.1, 0.15) is 0 Å². The molecule has 4 rings (SSSR count). The van der Waals surface area contributed by atoms with Gasteiger partial charge < -0.3 is 9.80 Å². The maximum atomic E-state index is 12.9. The molecule has 3 nitrogen and oxygen atoms in total. The molecule has 21 heavy (non-hydrogen) atoms. The van der Waals surface area contributed by atoms with Crippen molar-refractivity contribution >= 4 is 11.6 Å². The van der Waals surface area contributed by atoms with E-state index in [0.717, 1.165) is 25.9 Å². The Balaban J connectivity index is 1.75. The Labute approximate surface area is 126 Å². The summed E-state index contributed by atoms with van der Waals surface area (Å²) in [7, 11) is 2.19. The highest BCUT2D eigenvalue weighted by Crippen LogP contribution is 2.48. The van der Waals surface area contributed by atoms with E-state index in [1.807, 2.05) is 0 Å². The molecule has 0 radical (unpaired) electrons. The summed E-state index contributed by atoms with van der Waals surface area (Å²) >= 11 is 0. The third kappa shape index (κ3) is 2.02. The lowest BCUT2D eigenvalue weighted by Gasteiger charge is -2.36. The van der Waals surface area contributed by atoms with Crippen LogP contribution in [0.25, 0.3) is 0 Å². The van der Waals surface area contributed by atoms with Crippen molar-refractivity contribution < 1.29 is 4.79 Å². The summed E-state index contributed by atoms with van der Waals surface area (Å²) in [6, 6.07) is 7.01. The van der Waals surface area contributed by atoms with E-state index in [2.05, 4.69) is 48.9 Å². The van der Waals surface area contributed by atoms with Gasteiger partial charge in [-0.3, -0.25) is 4.79 Å². The first-order valence-electron chi connectivity index (χ1n) is 8.18. The zero-order chi connectivity index (χ0) is 14.7. The van der Waals surface area contributed by atoms with E-state index < -0.39 is 0 Å². The van der Waals surface area contributed by atoms with E-state index >= 15 is 0 Å². The number of rotatable bonds is 1. The van der Waals surface area contributed by atoms with Crippen molar-refractivity contribution in [3.63, 3.8) is 0 Å². The molecule has 112 valence electrons. The minimum Gasteiger partial charge on any atom is -0.308 e. The number of anilines is 1. The molecule has 1 aliphatic carbocycles. The maximum absolute atomic E-state index is 12.9. The summed E-state index contributed by atoms with van der Waals surface area (Å²) in [6.45, 7) is 6.51. The fourth-order valence-electron chi connectivity index (χ4n) is 4.21. The summed E-state index contributed by atoms with van der Waals surface area (Å²) in [5, 5.41) is 0. The van der Waals surface area contributed by atoms with Gasteiger partial charge in [0.25, 0.3) is 0 Å². The first-order valence-corrected chi connectivity index (χ1v) is 8.18. The Bertz CT molecular complexity index is 597. The van der Waals surface area contributed by atoms with Crippen LogP contribution in [0.5, 0.6) is 0 Å². The molecule has 1 aromatic rings. The van der Waals surface area contributed by atoms with Gasteiger partial charge >= 0.3 is 0 Å². The summed E-state index contributed by atoms with van der Waals surface area (Å²) in [5.41, 5.74) is 3.89. The maximum Gasteiger partial charge on any atom is 0.230 e. The van der Waals surface area contributed by atoms with Gasteiger partial charge in [0, 0.05) is 30.1 Å². The molecule has 3 aliphatic rings. The Morgan fingerprint density at radius 3 is 2.81 bits per heavy atom. The van der Waals surface area contributed by atoms with Gasteiger partial charge in [-0.25, -0.2) is 0 Å². The fourth-order valence-corrected chi connectivity index (χ4v) is 4.21. The van der Waals surface area contributed by atoms with Crippen LogP contribution < -0.4 is 4.90 Å². The van der Waals surface area contributed by atoms with Crippen LogP contribution in [-0.2, 0) is 4.79 Å². The van der Waals surface area contributed by atoms with Crippen molar-refractivity contribution in [2.45, 2.75) is 38.6 Å². The topological polar surface area (TPSA) is 23.6 Å². The van der Waals surface area contributed by atoms with E-state index in [-0.39, 0.29) is 5.92 Å². The molecule has 1 aromatic carbocycles. The smallest absolute Gasteiger partial charge is 0.230 e. The number of piperidine rings is 1. The lowest BCUT2D eigenvalue weighted by molar-refractivity contribution is -0.120. The number of likely N-dealkylation sites (tertiary alicyclic amines) is 1. The van der Waals surface area contributed by atoms with Gasteiger partial charge in [-0.05, 0) is 50.9 Å². The molecule has 0 bridgehead atoms. The quantitative estimate of drug-likeness (QED) is 0.791. The standard InChI is InChI=1S/C18H24N2O/c1-11-4-5-16-14(8-11)15-10-19(3)7-6-17(15)20(16)18(21)13-9-12(13)2/h4-5,8,12-13,15,17H,6-7,9-10H2,1-3H3/t12-,13+,15-,17-/m0/s1. The number of aryl methyl sites for hydroxylation is 1. The number of likely N-dealkylation sites (N-methyl/N-ethyl adjacent to an activating group) is 1. The number of nitrogens with zero attached hydrogens (tertiary/aromatic N) is 2. The van der Waals surface area contributed by atoms with Gasteiger partial charge in [0.2, 0.25) is 5.91 Å². The Morgan fingerprint density at radius 1 is 1.33 bits per heavy atom. The van der Waals surface area contributed by atoms with E-state index in [0.29, 0.717) is 23.8 Å². The van der Waals surface area contributed by atoms with Crippen LogP contribution in [0.3, 0.4) is 0 Å². The predicted molar refractivity (Wildman–Crippen MR) is 84.6 cm³/mol. The third-order valence-corrected chi connectivity index (χ3v) is 5.62. The summed E-state index contributed by atoms with van der Waals surface area (Å²) in [6.07, 6.45) is 2.18. The van der Waals surface area contributed by atoms with Crippen molar-refractivity contribution in [2.24, 2.45) is 11.8 Å². The van der Waals surface area contributed by atoms with Crippen LogP contribution in [-0.4, -0.2) is 37.0 Å². The van der Waals surface area contributed by atoms with E-state index in [9.17, 15) is 4.79 Å². The summed E-state index contributed by atoms with van der Waals surface area (Å²) < 4.78 is 0. The number of amides is 1. The van der Waals surface area contributed by atoms with E-state index in [1.165, 1.54) is 16.8 Å². The van der Waals surface area contributed by atoms with Crippen molar-refractivity contribution in [1.29, 1.82) is 0 Å². The SMILES string of the molecule is Cc1ccc2c(c1)[C@@H]1CN(C)CC[C@@H]1N2C(=O)[C@@H]1C[C@@H]1C. The van der Waals surface area contributed by atoms with Gasteiger partial charge in [-0.1, -0.05) is 24.6 Å². The molecule has 3 heteroatoms. The molecule has 2 heterocycles. The number of benzene rings is 1. The highest BCUT2D eigenvalue weighted by molar-refractivity contribution is 5.99. The van der Waals surface area contributed by atoms with Gasteiger partial charge in [0.05, 0.1) is 0 Å². The van der Waals surface area contributed by atoms with Crippen LogP contribution in [0.4, 0.5) is 5.69 Å². The number of hydrogen-bond donors (Lipinski definition) is 0. The normalized spacial score (nSPS) is 34.5. The predicted octanol–water partition coefficient (Wildman–Crippen LogP) is 2.79. The second-order valence-electron chi connectivity index (χ2n) is 7.31. The molecule has 4 atom stereocenters. The number of carbonyl (C=O) groups excluding carboxylic acids is 1. The average Bonchev–Trinajstić information content (AvgIpc) is 3.10. The molecule has 0 unspecified atom stereocenters. The van der Waals surface area contributed by atoms with Gasteiger partial charge in [-0.2, -0.15) is 0 Å². The second kappa shape index (κ2) is 4.57. The van der Waals surface area contributed by atoms with Gasteiger partial charge in [-0.15, -0.1) is 0 Å². The number of hydrogen-bond acceptors (Lipinski definition) is 2. The minimum atomic E-state index is 0.276. The Hall–Kier alpha value is -1.35. The average molecular weight is 284 g/mol. The molecule has 2 aliphatic heterocycles. The van der Waals surface area contributed by atoms with E-state index in [4.69, 9.17) is 0 Å². The summed E-state index contributed by atoms with van der Waals surface area (Å²) in [4.78, 5) is 17.5. The van der Waals surface area contributed by atoms with Crippen molar-refractivity contribution in [2.75, 3.05) is 25.0 Å². The monoisotopic (exact) mass is 284 g/mol. The zero-order valence-electron chi connectivity index (χ0n) is 13.2. The van der Waals surface area contributed by atoms with Crippen LogP contribution in [0, 0.1) is 18.8 Å². The Kier molecular flexibility index (Phi) is 2.90. The molecule has 0 spiro atoms. The lowest BCUT2D eigenvalue weighted by atomic mass is 9.89. The van der Waals surface area contributed by atoms with Crippen LogP contribution >= 0.6 is 0 Å². The summed E-state index contributed by atoms with van der Waals surface area (Å²) in [5.74, 6) is 1.73. The van der Waals surface area contributed by atoms with Crippen LogP contribution in [0.15, 0.2) is 18.2 Å². The first kappa shape index (κ1) is 13.3. The number of carbonyl (C=O) groups is 1. The molecular weight excluding hydrogens is 260 g/mol. The molecule has 0 N–H and O–H groups in total. The highest BCUT2D eigenvalue weighted by Gasteiger charge is 2.49. The van der Waals surface area contributed by atoms with Crippen LogP contribution in [0.2, 0.25) is 0 Å². The molecule has 2 fully saturated rings. The lowest BCUT2D eigenvalue weighted by Crippen LogP contribution is -2.47. The molecule has 0 aromatic heterocycles. The van der Waals surface area contributed by atoms with Crippen molar-refractivity contribution in [3.05, 3.63) is 29.3 Å². The van der Waals surface area contributed by atoms with Crippen molar-refractivity contribution in [1.82, 2.24) is 4.90 Å². The molecule has 1 saturated heterocycles. The number of fused-ring (bicyclic) bond motifs is 3. The highest BCUT2D eigenvalue weighted by atomic mass is 16.2.